The van der Waals surface area contributed by atoms with Crippen LogP contribution >= 0.6 is 11.6 Å². The number of ether oxygens (including phenoxy) is 1. The number of piperidine rings is 1. The summed E-state index contributed by atoms with van der Waals surface area (Å²) in [4.78, 5) is 25.3. The normalized spacial score (nSPS) is 27.9. The van der Waals surface area contributed by atoms with Crippen molar-refractivity contribution in [2.45, 2.75) is 64.3 Å². The van der Waals surface area contributed by atoms with E-state index in [-0.39, 0.29) is 35.6 Å². The molecule has 1 saturated heterocycles. The Morgan fingerprint density at radius 3 is 2.86 bits per heavy atom. The van der Waals surface area contributed by atoms with Gasteiger partial charge in [0, 0.05) is 23.6 Å². The van der Waals surface area contributed by atoms with Gasteiger partial charge in [-0.05, 0) is 39.7 Å². The summed E-state index contributed by atoms with van der Waals surface area (Å²) in [6, 6.07) is 3.74. The summed E-state index contributed by atoms with van der Waals surface area (Å²) in [5.74, 6) is -0.943. The fraction of sp³-hybridized carbons (Fsp3) is 0.632. The van der Waals surface area contributed by atoms with Crippen molar-refractivity contribution in [1.29, 1.82) is 0 Å². The minimum absolute atomic E-state index is 0.0134. The van der Waals surface area contributed by atoms with Crippen LogP contribution in [0, 0.1) is 16.1 Å². The first-order valence-electron chi connectivity index (χ1n) is 9.21. The van der Waals surface area contributed by atoms with E-state index >= 15 is 0 Å². The minimum atomic E-state index is -1.29. The van der Waals surface area contributed by atoms with Gasteiger partial charge >= 0.3 is 0 Å². The van der Waals surface area contributed by atoms with Crippen molar-refractivity contribution in [3.8, 4) is 0 Å². The average molecular weight is 414 g/mol. The van der Waals surface area contributed by atoms with Crippen molar-refractivity contribution in [3.05, 3.63) is 39.5 Å². The molecule has 0 spiro atoms. The number of rotatable bonds is 7. The predicted molar refractivity (Wildman–Crippen MR) is 102 cm³/mol. The molecule has 154 valence electrons. The van der Waals surface area contributed by atoms with Crippen LogP contribution in [0.5, 0.6) is 0 Å². The van der Waals surface area contributed by atoms with Crippen molar-refractivity contribution >= 4 is 17.5 Å². The van der Waals surface area contributed by atoms with Gasteiger partial charge in [0.1, 0.15) is 5.82 Å². The quantitative estimate of drug-likeness (QED) is 0.529. The molecule has 28 heavy (non-hydrogen) atoms. The van der Waals surface area contributed by atoms with E-state index in [1.165, 1.54) is 6.07 Å². The first kappa shape index (κ1) is 21.1. The number of hydrogen-bond donors (Lipinski definition) is 2. The molecular formula is C19H25ClFN3O4. The summed E-state index contributed by atoms with van der Waals surface area (Å²) in [7, 11) is 0. The molecule has 1 heterocycles. The lowest BCUT2D eigenvalue weighted by atomic mass is 9.99. The topological polar surface area (TPSA) is 91.2 Å². The number of carbonyl (C=O) groups excluding carboxylic acids is 1. The van der Waals surface area contributed by atoms with E-state index in [9.17, 15) is 19.2 Å². The summed E-state index contributed by atoms with van der Waals surface area (Å²) in [5.41, 5.74) is -0.757. The van der Waals surface area contributed by atoms with Gasteiger partial charge in [-0.15, -0.1) is 0 Å². The molecule has 1 amide bonds. The molecule has 1 aromatic rings. The van der Waals surface area contributed by atoms with Crippen molar-refractivity contribution < 1.29 is 19.0 Å². The Morgan fingerprint density at radius 1 is 1.50 bits per heavy atom. The number of benzene rings is 1. The number of nitrogens with one attached hydrogen (secondary N) is 1. The Labute approximate surface area is 168 Å². The Bertz CT molecular complexity index is 772. The van der Waals surface area contributed by atoms with E-state index in [1.54, 1.807) is 37.8 Å². The highest BCUT2D eigenvalue weighted by Gasteiger charge is 2.67. The number of nitroso groups, excluding NO2 is 1. The Balaban J connectivity index is 1.73. The third kappa shape index (κ3) is 4.20. The monoisotopic (exact) mass is 413 g/mol. The molecule has 1 aliphatic carbocycles. The van der Waals surface area contributed by atoms with Crippen LogP contribution < -0.4 is 5.32 Å². The Hall–Kier alpha value is -1.61. The summed E-state index contributed by atoms with van der Waals surface area (Å²) < 4.78 is 19.7. The van der Waals surface area contributed by atoms with E-state index < -0.39 is 29.3 Å². The van der Waals surface area contributed by atoms with Gasteiger partial charge in [0.2, 0.25) is 12.3 Å². The van der Waals surface area contributed by atoms with Gasteiger partial charge in [-0.1, -0.05) is 28.9 Å². The largest absolute Gasteiger partial charge is 0.356 e. The maximum absolute atomic E-state index is 14.0. The molecule has 7 nitrogen and oxygen atoms in total. The standard InChI is InChI=1S/C19H25ClFN3O4/c1-18(2,3)28-17(26)24-13(7-19(10-23-27)8-14(19)24)16(25)22-9-11-5-4-6-12(20)15(11)21/h4-6,13-14,17,26H,7-10H2,1-3H3,(H,22,25)/t13-,14-,17?,19+/m0/s1. The van der Waals surface area contributed by atoms with Crippen molar-refractivity contribution in [2.75, 3.05) is 6.54 Å². The number of hydrogen-bond acceptors (Lipinski definition) is 6. The number of carbonyl (C=O) groups is 1. The first-order valence-corrected chi connectivity index (χ1v) is 9.59. The molecule has 2 fully saturated rings. The lowest BCUT2D eigenvalue weighted by molar-refractivity contribution is -0.246. The highest BCUT2D eigenvalue weighted by atomic mass is 35.5. The summed E-state index contributed by atoms with van der Waals surface area (Å²) in [6.45, 7) is 5.46. The first-order chi connectivity index (χ1) is 13.1. The van der Waals surface area contributed by atoms with Crippen LogP contribution in [0.2, 0.25) is 5.02 Å². The third-order valence-electron chi connectivity index (χ3n) is 5.35. The van der Waals surface area contributed by atoms with E-state index in [4.69, 9.17) is 16.3 Å². The number of nitrogens with zero attached hydrogens (tertiary/aromatic N) is 2. The van der Waals surface area contributed by atoms with Crippen LogP contribution in [0.3, 0.4) is 0 Å². The molecule has 2 N–H and O–H groups in total. The fourth-order valence-electron chi connectivity index (χ4n) is 3.94. The van der Waals surface area contributed by atoms with Crippen molar-refractivity contribution in [1.82, 2.24) is 10.2 Å². The van der Waals surface area contributed by atoms with Crippen LogP contribution in [0.15, 0.2) is 23.4 Å². The molecule has 4 atom stereocenters. The zero-order valence-corrected chi connectivity index (χ0v) is 16.9. The number of aliphatic hydroxyl groups is 1. The molecule has 0 aromatic heterocycles. The number of halogens is 2. The molecule has 3 rings (SSSR count). The van der Waals surface area contributed by atoms with Crippen molar-refractivity contribution in [2.24, 2.45) is 10.6 Å². The highest BCUT2D eigenvalue weighted by molar-refractivity contribution is 6.30. The second kappa shape index (κ2) is 7.67. The van der Waals surface area contributed by atoms with E-state index in [2.05, 4.69) is 10.5 Å². The smallest absolute Gasteiger partial charge is 0.237 e. The number of fused-ring (bicyclic) bond motifs is 1. The minimum Gasteiger partial charge on any atom is -0.356 e. The van der Waals surface area contributed by atoms with Gasteiger partial charge in [-0.3, -0.25) is 4.79 Å². The molecule has 1 aliphatic heterocycles. The van der Waals surface area contributed by atoms with Crippen LogP contribution in [-0.2, 0) is 16.1 Å². The summed E-state index contributed by atoms with van der Waals surface area (Å²) in [6.07, 6.45) is -0.229. The van der Waals surface area contributed by atoms with Gasteiger partial charge in [-0.25, -0.2) is 9.29 Å². The maximum Gasteiger partial charge on any atom is 0.237 e. The highest BCUT2D eigenvalue weighted by Crippen LogP contribution is 2.60. The molecule has 1 aromatic carbocycles. The maximum atomic E-state index is 14.0. The Kier molecular flexibility index (Phi) is 5.78. The molecule has 1 saturated carbocycles. The van der Waals surface area contributed by atoms with Gasteiger partial charge in [0.25, 0.3) is 0 Å². The third-order valence-corrected chi connectivity index (χ3v) is 5.64. The zero-order chi connectivity index (χ0) is 20.7. The second-order valence-corrected chi connectivity index (χ2v) is 8.93. The van der Waals surface area contributed by atoms with Crippen LogP contribution in [-0.4, -0.2) is 46.6 Å². The van der Waals surface area contributed by atoms with E-state index in [1.807, 2.05) is 0 Å². The molecule has 0 bridgehead atoms. The summed E-state index contributed by atoms with van der Waals surface area (Å²) >= 11 is 5.77. The van der Waals surface area contributed by atoms with Crippen LogP contribution in [0.4, 0.5) is 4.39 Å². The fourth-order valence-corrected chi connectivity index (χ4v) is 4.13. The van der Waals surface area contributed by atoms with Gasteiger partial charge < -0.3 is 15.2 Å². The average Bonchev–Trinajstić information content (AvgIpc) is 3.18. The van der Waals surface area contributed by atoms with Gasteiger partial charge in [0.05, 0.1) is 23.2 Å². The SMILES string of the molecule is CC(C)(C)OC(O)N1[C@H]2C[C@@]2(CN=O)C[C@H]1C(=O)NCc1cccc(Cl)c1F. The van der Waals surface area contributed by atoms with E-state index in [0.717, 1.165) is 0 Å². The Morgan fingerprint density at radius 2 is 2.21 bits per heavy atom. The van der Waals surface area contributed by atoms with Crippen LogP contribution in [0.25, 0.3) is 0 Å². The lowest BCUT2D eigenvalue weighted by Crippen LogP contribution is -2.52. The lowest BCUT2D eigenvalue weighted by Gasteiger charge is -2.34. The molecule has 2 aliphatic rings. The molecule has 9 heteroatoms. The van der Waals surface area contributed by atoms with Crippen molar-refractivity contribution in [3.63, 3.8) is 0 Å². The zero-order valence-electron chi connectivity index (χ0n) is 16.1. The predicted octanol–water partition coefficient (Wildman–Crippen LogP) is 2.79. The number of likely N-dealkylation sites (tertiary alicyclic amines) is 1. The molecular weight excluding hydrogens is 389 g/mol. The molecule has 1 unspecified atom stereocenters. The number of amides is 1. The summed E-state index contributed by atoms with van der Waals surface area (Å²) in [5, 5.41) is 16.3. The second-order valence-electron chi connectivity index (χ2n) is 8.52. The van der Waals surface area contributed by atoms with Gasteiger partial charge in [0.15, 0.2) is 0 Å². The molecule has 0 radical (unpaired) electrons. The van der Waals surface area contributed by atoms with E-state index in [0.29, 0.717) is 12.8 Å². The van der Waals surface area contributed by atoms with Crippen LogP contribution in [0.1, 0.15) is 39.2 Å². The van der Waals surface area contributed by atoms with Gasteiger partial charge in [-0.2, -0.15) is 4.91 Å². The number of aliphatic hydroxyl groups excluding tert-OH is 1.